The van der Waals surface area contributed by atoms with Gasteiger partial charge in [0.05, 0.1) is 0 Å². The summed E-state index contributed by atoms with van der Waals surface area (Å²) in [6, 6.07) is 1.06. The van der Waals surface area contributed by atoms with Gasteiger partial charge in [-0.25, -0.2) is 0 Å². The van der Waals surface area contributed by atoms with E-state index in [9.17, 15) is 4.79 Å². The van der Waals surface area contributed by atoms with E-state index in [2.05, 4.69) is 4.90 Å². The molecule has 2 aliphatic carbocycles. The Kier molecular flexibility index (Phi) is 3.34. The molecule has 3 rings (SSSR count). The second-order valence-corrected chi connectivity index (χ2v) is 6.23. The maximum atomic E-state index is 12.1. The fourth-order valence-electron chi connectivity index (χ4n) is 4.65. The maximum Gasteiger partial charge on any atom is 0.238 e. The molecule has 1 saturated heterocycles. The van der Waals surface area contributed by atoms with Crippen LogP contribution in [0.25, 0.3) is 0 Å². The Morgan fingerprint density at radius 3 is 1.88 bits per heavy atom. The summed E-state index contributed by atoms with van der Waals surface area (Å²) in [7, 11) is 0. The van der Waals surface area contributed by atoms with Crippen LogP contribution in [0.15, 0.2) is 0 Å². The van der Waals surface area contributed by atoms with E-state index in [0.717, 1.165) is 11.8 Å². The Morgan fingerprint density at radius 2 is 1.41 bits per heavy atom. The normalized spacial score (nSPS) is 40.9. The van der Waals surface area contributed by atoms with Gasteiger partial charge in [0.25, 0.3) is 0 Å². The van der Waals surface area contributed by atoms with Gasteiger partial charge in [0.2, 0.25) is 5.91 Å². The number of fused-ring (bicyclic) bond motifs is 3. The molecule has 1 heterocycles. The monoisotopic (exact) mass is 255 g/mol. The van der Waals surface area contributed by atoms with Gasteiger partial charge < -0.3 is 4.90 Å². The molecule has 0 N–H and O–H groups in total. The fourth-order valence-corrected chi connectivity index (χ4v) is 4.79. The first kappa shape index (κ1) is 11.8. The number of halogens is 1. The predicted octanol–water partition coefficient (Wildman–Crippen LogP) is 3.19. The molecule has 3 heteroatoms. The highest BCUT2D eigenvalue weighted by molar-refractivity contribution is 6.27. The first-order valence-electron chi connectivity index (χ1n) is 7.20. The van der Waals surface area contributed by atoms with Crippen molar-refractivity contribution in [1.29, 1.82) is 0 Å². The molecule has 0 spiro atoms. The molecule has 3 aliphatic rings. The number of rotatable bonds is 1. The van der Waals surface area contributed by atoms with Gasteiger partial charge in [-0.15, -0.1) is 11.6 Å². The molecule has 17 heavy (non-hydrogen) atoms. The number of alkyl halides is 1. The maximum absolute atomic E-state index is 12.1. The molecule has 0 aromatic carbocycles. The second kappa shape index (κ2) is 4.79. The average Bonchev–Trinajstić information content (AvgIpc) is 2.72. The molecular weight excluding hydrogens is 234 g/mol. The Bertz CT molecular complexity index is 285. The third kappa shape index (κ3) is 1.89. The molecule has 0 aromatic heterocycles. The van der Waals surface area contributed by atoms with Crippen molar-refractivity contribution in [2.24, 2.45) is 11.8 Å². The van der Waals surface area contributed by atoms with Gasteiger partial charge in [-0.3, -0.25) is 4.79 Å². The van der Waals surface area contributed by atoms with Crippen molar-refractivity contribution < 1.29 is 4.79 Å². The molecule has 2 nitrogen and oxygen atoms in total. The predicted molar refractivity (Wildman–Crippen MR) is 69.1 cm³/mol. The van der Waals surface area contributed by atoms with Crippen LogP contribution in [-0.4, -0.2) is 28.8 Å². The molecule has 96 valence electrons. The van der Waals surface area contributed by atoms with E-state index in [-0.39, 0.29) is 11.8 Å². The Morgan fingerprint density at radius 1 is 0.941 bits per heavy atom. The number of likely N-dealkylation sites (tertiary alicyclic amines) is 1. The molecule has 2 saturated carbocycles. The van der Waals surface area contributed by atoms with Gasteiger partial charge in [-0.1, -0.05) is 25.7 Å². The molecule has 1 amide bonds. The third-order valence-corrected chi connectivity index (χ3v) is 5.46. The fraction of sp³-hybridized carbons (Fsp3) is 0.929. The lowest BCUT2D eigenvalue weighted by atomic mass is 9.73. The van der Waals surface area contributed by atoms with Gasteiger partial charge in [0.1, 0.15) is 5.88 Å². The highest BCUT2D eigenvalue weighted by Gasteiger charge is 2.50. The molecular formula is C14H22ClNO. The number of amides is 1. The van der Waals surface area contributed by atoms with Crippen molar-refractivity contribution >= 4 is 17.5 Å². The summed E-state index contributed by atoms with van der Waals surface area (Å²) in [5, 5.41) is 0. The van der Waals surface area contributed by atoms with E-state index in [1.54, 1.807) is 0 Å². The zero-order valence-electron chi connectivity index (χ0n) is 10.4. The zero-order valence-corrected chi connectivity index (χ0v) is 11.2. The van der Waals surface area contributed by atoms with Crippen LogP contribution < -0.4 is 0 Å². The Balaban J connectivity index is 1.87. The SMILES string of the molecule is O=C(CCl)N1C2CCCCC2C2CCCCC21. The van der Waals surface area contributed by atoms with Crippen LogP contribution in [0.3, 0.4) is 0 Å². The first-order chi connectivity index (χ1) is 8.33. The minimum Gasteiger partial charge on any atom is -0.335 e. The van der Waals surface area contributed by atoms with Crippen LogP contribution >= 0.6 is 11.6 Å². The lowest BCUT2D eigenvalue weighted by Gasteiger charge is -2.34. The van der Waals surface area contributed by atoms with Gasteiger partial charge in [-0.2, -0.15) is 0 Å². The van der Waals surface area contributed by atoms with Gasteiger partial charge in [0, 0.05) is 12.1 Å². The minimum absolute atomic E-state index is 0.173. The van der Waals surface area contributed by atoms with Crippen LogP contribution in [-0.2, 0) is 4.79 Å². The zero-order chi connectivity index (χ0) is 11.8. The van der Waals surface area contributed by atoms with Crippen LogP contribution in [0, 0.1) is 11.8 Å². The number of carbonyl (C=O) groups excluding carboxylic acids is 1. The number of hydrogen-bond acceptors (Lipinski definition) is 1. The summed E-state index contributed by atoms with van der Waals surface area (Å²) in [5.41, 5.74) is 0. The number of nitrogens with zero attached hydrogens (tertiary/aromatic N) is 1. The van der Waals surface area contributed by atoms with Crippen molar-refractivity contribution in [3.63, 3.8) is 0 Å². The molecule has 0 aromatic rings. The topological polar surface area (TPSA) is 20.3 Å². The van der Waals surface area contributed by atoms with Crippen molar-refractivity contribution in [2.75, 3.05) is 5.88 Å². The third-order valence-electron chi connectivity index (χ3n) is 5.23. The van der Waals surface area contributed by atoms with Crippen LogP contribution in [0.5, 0.6) is 0 Å². The lowest BCUT2D eigenvalue weighted by molar-refractivity contribution is -0.132. The largest absolute Gasteiger partial charge is 0.335 e. The molecule has 0 bridgehead atoms. The summed E-state index contributed by atoms with van der Waals surface area (Å²) < 4.78 is 0. The smallest absolute Gasteiger partial charge is 0.238 e. The summed E-state index contributed by atoms with van der Waals surface area (Å²) in [5.74, 6) is 1.95. The summed E-state index contributed by atoms with van der Waals surface area (Å²) in [4.78, 5) is 14.3. The summed E-state index contributed by atoms with van der Waals surface area (Å²) >= 11 is 5.80. The molecule has 4 atom stereocenters. The second-order valence-electron chi connectivity index (χ2n) is 5.97. The van der Waals surface area contributed by atoms with E-state index in [4.69, 9.17) is 11.6 Å². The van der Waals surface area contributed by atoms with E-state index >= 15 is 0 Å². The van der Waals surface area contributed by atoms with Crippen LogP contribution in [0.2, 0.25) is 0 Å². The lowest BCUT2D eigenvalue weighted by Crippen LogP contribution is -2.44. The Labute approximate surface area is 109 Å². The number of hydrogen-bond donors (Lipinski definition) is 0. The first-order valence-corrected chi connectivity index (χ1v) is 7.73. The number of carbonyl (C=O) groups is 1. The van der Waals surface area contributed by atoms with Crippen LogP contribution in [0.1, 0.15) is 51.4 Å². The standard InChI is InChI=1S/C14H22ClNO/c15-9-14(17)16-12-7-3-1-5-10(12)11-6-2-4-8-13(11)16/h10-13H,1-9H2. The van der Waals surface area contributed by atoms with Crippen LogP contribution in [0.4, 0.5) is 0 Å². The molecule has 3 fully saturated rings. The minimum atomic E-state index is 0.173. The highest BCUT2D eigenvalue weighted by Crippen LogP contribution is 2.49. The highest BCUT2D eigenvalue weighted by atomic mass is 35.5. The molecule has 4 unspecified atom stereocenters. The van der Waals surface area contributed by atoms with E-state index < -0.39 is 0 Å². The Hall–Kier alpha value is -0.240. The van der Waals surface area contributed by atoms with Gasteiger partial charge >= 0.3 is 0 Å². The molecule has 0 radical (unpaired) electrons. The summed E-state index contributed by atoms with van der Waals surface area (Å²) in [6.45, 7) is 0. The van der Waals surface area contributed by atoms with Gasteiger partial charge in [0.15, 0.2) is 0 Å². The van der Waals surface area contributed by atoms with E-state index in [0.29, 0.717) is 12.1 Å². The van der Waals surface area contributed by atoms with Crippen molar-refractivity contribution in [2.45, 2.75) is 63.5 Å². The van der Waals surface area contributed by atoms with Crippen molar-refractivity contribution in [1.82, 2.24) is 4.90 Å². The van der Waals surface area contributed by atoms with Crippen molar-refractivity contribution in [3.05, 3.63) is 0 Å². The molecule has 1 aliphatic heterocycles. The van der Waals surface area contributed by atoms with E-state index in [1.165, 1.54) is 51.4 Å². The summed E-state index contributed by atoms with van der Waals surface area (Å²) in [6.07, 6.45) is 10.5. The van der Waals surface area contributed by atoms with E-state index in [1.807, 2.05) is 0 Å². The quantitative estimate of drug-likeness (QED) is 0.659. The van der Waals surface area contributed by atoms with Gasteiger partial charge in [-0.05, 0) is 37.5 Å². The van der Waals surface area contributed by atoms with Crippen molar-refractivity contribution in [3.8, 4) is 0 Å². The average molecular weight is 256 g/mol.